The van der Waals surface area contributed by atoms with E-state index in [9.17, 15) is 4.79 Å². The Morgan fingerprint density at radius 3 is 2.62 bits per heavy atom. The molecule has 1 aromatic heterocycles. The number of aromatic nitrogens is 2. The molecule has 1 saturated heterocycles. The van der Waals surface area contributed by atoms with Gasteiger partial charge in [-0.3, -0.25) is 9.69 Å². The summed E-state index contributed by atoms with van der Waals surface area (Å²) in [4.78, 5) is 17.3. The van der Waals surface area contributed by atoms with E-state index in [1.807, 2.05) is 28.9 Å². The number of anilines is 1. The third kappa shape index (κ3) is 5.59. The summed E-state index contributed by atoms with van der Waals surface area (Å²) in [7, 11) is 0. The molecule has 0 atom stereocenters. The minimum atomic E-state index is 0.0751. The second-order valence-electron chi connectivity index (χ2n) is 8.15. The monoisotopic (exact) mass is 415 g/mol. The predicted octanol–water partition coefficient (Wildman–Crippen LogP) is 3.80. The first kappa shape index (κ1) is 20.4. The van der Waals surface area contributed by atoms with Crippen LogP contribution in [-0.2, 0) is 11.3 Å². The van der Waals surface area contributed by atoms with Crippen molar-refractivity contribution in [2.75, 3.05) is 38.0 Å². The van der Waals surface area contributed by atoms with Gasteiger partial charge in [-0.1, -0.05) is 36.6 Å². The topological polar surface area (TPSA) is 53.4 Å². The van der Waals surface area contributed by atoms with Crippen LogP contribution in [-0.4, -0.2) is 58.2 Å². The highest BCUT2D eigenvalue weighted by molar-refractivity contribution is 6.30. The van der Waals surface area contributed by atoms with Crippen LogP contribution in [0.25, 0.3) is 0 Å². The van der Waals surface area contributed by atoms with E-state index in [0.717, 1.165) is 63.0 Å². The van der Waals surface area contributed by atoms with Crippen molar-refractivity contribution in [3.8, 4) is 0 Å². The first-order chi connectivity index (χ1) is 14.2. The summed E-state index contributed by atoms with van der Waals surface area (Å²) in [5.41, 5.74) is 1.25. The van der Waals surface area contributed by atoms with Gasteiger partial charge in [0.2, 0.25) is 5.91 Å². The van der Waals surface area contributed by atoms with Crippen LogP contribution in [0.2, 0.25) is 5.02 Å². The van der Waals surface area contributed by atoms with E-state index in [2.05, 4.69) is 26.3 Å². The van der Waals surface area contributed by atoms with Gasteiger partial charge in [-0.05, 0) is 30.5 Å². The maximum atomic E-state index is 12.5. The lowest BCUT2D eigenvalue weighted by atomic mass is 10.2. The fraction of sp³-hybridized carbons (Fsp3) is 0.545. The number of nitrogens with zero attached hydrogens (tertiary/aromatic N) is 4. The molecule has 1 saturated carbocycles. The fourth-order valence-electron chi connectivity index (χ4n) is 4.38. The molecule has 2 heterocycles. The summed E-state index contributed by atoms with van der Waals surface area (Å²) >= 11 is 6.08. The van der Waals surface area contributed by atoms with Crippen LogP contribution >= 0.6 is 11.6 Å². The zero-order chi connectivity index (χ0) is 20.1. The summed E-state index contributed by atoms with van der Waals surface area (Å²) in [6.45, 7) is 5.75. The number of hydrogen-bond acceptors (Lipinski definition) is 4. The zero-order valence-corrected chi connectivity index (χ0v) is 17.7. The highest BCUT2D eigenvalue weighted by Gasteiger charge is 2.21. The normalized spacial score (nSPS) is 18.9. The smallest absolute Gasteiger partial charge is 0.226 e. The number of hydrogen-bond donors (Lipinski definition) is 1. The van der Waals surface area contributed by atoms with Gasteiger partial charge >= 0.3 is 0 Å². The van der Waals surface area contributed by atoms with Crippen LogP contribution in [0.4, 0.5) is 5.82 Å². The van der Waals surface area contributed by atoms with Gasteiger partial charge in [0.1, 0.15) is 5.82 Å². The number of amides is 1. The molecule has 7 heteroatoms. The molecule has 156 valence electrons. The van der Waals surface area contributed by atoms with E-state index in [1.165, 1.54) is 18.4 Å². The molecule has 0 bridgehead atoms. The van der Waals surface area contributed by atoms with Crippen molar-refractivity contribution in [2.45, 2.75) is 44.7 Å². The summed E-state index contributed by atoms with van der Waals surface area (Å²) < 4.78 is 2.00. The molecule has 1 aromatic carbocycles. The molecule has 0 radical (unpaired) electrons. The van der Waals surface area contributed by atoms with Crippen molar-refractivity contribution in [1.82, 2.24) is 19.6 Å². The number of carbonyl (C=O) groups excluding carboxylic acids is 1. The van der Waals surface area contributed by atoms with Crippen molar-refractivity contribution < 1.29 is 4.79 Å². The number of benzene rings is 1. The third-order valence-corrected chi connectivity index (χ3v) is 6.26. The fourth-order valence-corrected chi connectivity index (χ4v) is 4.60. The molecule has 0 spiro atoms. The Bertz CT molecular complexity index is 809. The van der Waals surface area contributed by atoms with E-state index in [0.29, 0.717) is 12.5 Å². The van der Waals surface area contributed by atoms with Crippen molar-refractivity contribution in [1.29, 1.82) is 0 Å². The molecule has 1 aliphatic heterocycles. The summed E-state index contributed by atoms with van der Waals surface area (Å²) in [6.07, 6.45) is 7.12. The summed E-state index contributed by atoms with van der Waals surface area (Å²) in [5.74, 6) is 0.916. The maximum absolute atomic E-state index is 12.5. The van der Waals surface area contributed by atoms with Crippen molar-refractivity contribution in [3.05, 3.63) is 47.1 Å². The highest BCUT2D eigenvalue weighted by Crippen LogP contribution is 2.31. The lowest BCUT2D eigenvalue weighted by Gasteiger charge is -2.34. The lowest BCUT2D eigenvalue weighted by Crippen LogP contribution is -2.46. The van der Waals surface area contributed by atoms with Gasteiger partial charge in [0, 0.05) is 56.8 Å². The molecule has 2 fully saturated rings. The molecule has 1 amide bonds. The Balaban J connectivity index is 1.19. The van der Waals surface area contributed by atoms with Gasteiger partial charge in [-0.15, -0.1) is 0 Å². The van der Waals surface area contributed by atoms with E-state index in [4.69, 9.17) is 11.6 Å². The third-order valence-electron chi connectivity index (χ3n) is 6.02. The lowest BCUT2D eigenvalue weighted by molar-refractivity contribution is -0.116. The number of carbonyl (C=O) groups is 1. The molecular weight excluding hydrogens is 386 g/mol. The van der Waals surface area contributed by atoms with Gasteiger partial charge in [0.25, 0.3) is 0 Å². The predicted molar refractivity (Wildman–Crippen MR) is 116 cm³/mol. The van der Waals surface area contributed by atoms with Crippen LogP contribution in [0.15, 0.2) is 36.5 Å². The van der Waals surface area contributed by atoms with Crippen LogP contribution in [0.5, 0.6) is 0 Å². The minimum Gasteiger partial charge on any atom is -0.311 e. The SMILES string of the molecule is O=C(CCN1CCN(Cc2cccc(Cl)c2)CC1)Nc1ccnn1C1CCCC1. The molecule has 2 aromatic rings. The van der Waals surface area contributed by atoms with Crippen molar-refractivity contribution >= 4 is 23.3 Å². The first-order valence-electron chi connectivity index (χ1n) is 10.7. The minimum absolute atomic E-state index is 0.0751. The molecule has 4 rings (SSSR count). The van der Waals surface area contributed by atoms with E-state index in [1.54, 1.807) is 6.20 Å². The Kier molecular flexibility index (Phi) is 6.85. The van der Waals surface area contributed by atoms with Crippen LogP contribution in [0.1, 0.15) is 43.7 Å². The second kappa shape index (κ2) is 9.74. The van der Waals surface area contributed by atoms with E-state index >= 15 is 0 Å². The van der Waals surface area contributed by atoms with Gasteiger partial charge in [0.05, 0.1) is 12.2 Å². The van der Waals surface area contributed by atoms with Gasteiger partial charge in [-0.2, -0.15) is 5.10 Å². The van der Waals surface area contributed by atoms with E-state index < -0.39 is 0 Å². The highest BCUT2D eigenvalue weighted by atomic mass is 35.5. The number of piperazine rings is 1. The number of nitrogens with one attached hydrogen (secondary N) is 1. The Morgan fingerprint density at radius 2 is 1.86 bits per heavy atom. The Labute approximate surface area is 177 Å². The van der Waals surface area contributed by atoms with E-state index in [-0.39, 0.29) is 5.91 Å². The Hall–Kier alpha value is -1.89. The molecule has 6 nitrogen and oxygen atoms in total. The quantitative estimate of drug-likeness (QED) is 0.747. The zero-order valence-electron chi connectivity index (χ0n) is 16.9. The molecule has 1 aliphatic carbocycles. The molecule has 1 N–H and O–H groups in total. The van der Waals surface area contributed by atoms with Gasteiger partial charge in [-0.25, -0.2) is 4.68 Å². The first-order valence-corrected chi connectivity index (χ1v) is 11.1. The molecular formula is C22H30ClN5O. The van der Waals surface area contributed by atoms with Crippen molar-refractivity contribution in [2.24, 2.45) is 0 Å². The van der Waals surface area contributed by atoms with Crippen LogP contribution in [0, 0.1) is 0 Å². The van der Waals surface area contributed by atoms with Crippen LogP contribution in [0.3, 0.4) is 0 Å². The number of rotatable bonds is 7. The van der Waals surface area contributed by atoms with Gasteiger partial charge < -0.3 is 10.2 Å². The summed E-state index contributed by atoms with van der Waals surface area (Å²) in [6, 6.07) is 10.4. The Morgan fingerprint density at radius 1 is 1.10 bits per heavy atom. The molecule has 2 aliphatic rings. The summed E-state index contributed by atoms with van der Waals surface area (Å²) in [5, 5.41) is 8.29. The van der Waals surface area contributed by atoms with Gasteiger partial charge in [0.15, 0.2) is 0 Å². The second-order valence-corrected chi connectivity index (χ2v) is 8.58. The standard InChI is InChI=1S/C22H30ClN5O/c23-19-5-3-4-18(16-19)17-27-14-12-26(13-15-27)11-9-22(29)25-21-8-10-24-28(21)20-6-1-2-7-20/h3-5,8,10,16,20H,1-2,6-7,9,11-15,17H2,(H,25,29). The average Bonchev–Trinajstić information content (AvgIpc) is 3.39. The van der Waals surface area contributed by atoms with Crippen LogP contribution < -0.4 is 5.32 Å². The number of halogens is 1. The van der Waals surface area contributed by atoms with Crippen molar-refractivity contribution in [3.63, 3.8) is 0 Å². The maximum Gasteiger partial charge on any atom is 0.226 e. The molecule has 0 unspecified atom stereocenters. The largest absolute Gasteiger partial charge is 0.311 e. The average molecular weight is 416 g/mol. The molecule has 29 heavy (non-hydrogen) atoms.